The number of sulfonamides is 1. The van der Waals surface area contributed by atoms with E-state index in [0.717, 1.165) is 24.3 Å². The molecule has 0 aliphatic heterocycles. The van der Waals surface area contributed by atoms with Crippen molar-refractivity contribution in [1.82, 2.24) is 0 Å². The normalized spacial score (nSPS) is 12.1. The Labute approximate surface area is 159 Å². The molecule has 0 saturated carbocycles. The van der Waals surface area contributed by atoms with Crippen molar-refractivity contribution in [2.24, 2.45) is 5.73 Å². The zero-order chi connectivity index (χ0) is 20.5. The molecule has 0 saturated heterocycles. The third-order valence-electron chi connectivity index (χ3n) is 4.10. The van der Waals surface area contributed by atoms with Crippen molar-refractivity contribution in [2.75, 3.05) is 10.8 Å². The van der Waals surface area contributed by atoms with Gasteiger partial charge in [0.05, 0.1) is 16.1 Å². The molecule has 0 fully saturated rings. The van der Waals surface area contributed by atoms with Gasteiger partial charge in [-0.2, -0.15) is 13.2 Å². The van der Waals surface area contributed by atoms with E-state index in [0.29, 0.717) is 15.1 Å². The van der Waals surface area contributed by atoms with Crippen LogP contribution in [0.1, 0.15) is 5.56 Å². The molecule has 28 heavy (non-hydrogen) atoms. The summed E-state index contributed by atoms with van der Waals surface area (Å²) in [6.07, 6.45) is -4.57. The fourth-order valence-corrected chi connectivity index (χ4v) is 4.46. The lowest BCUT2D eigenvalue weighted by atomic mass is 10.1. The molecule has 9 heteroatoms. The second kappa shape index (κ2) is 7.16. The Bertz CT molecular complexity index is 1120. The molecule has 146 valence electrons. The van der Waals surface area contributed by atoms with Gasteiger partial charge in [0.25, 0.3) is 10.0 Å². The molecule has 2 N–H and O–H groups in total. The summed E-state index contributed by atoms with van der Waals surface area (Å²) in [4.78, 5) is 11.4. The molecule has 0 atom stereocenters. The Hall–Kier alpha value is -3.07. The van der Waals surface area contributed by atoms with E-state index < -0.39 is 34.2 Å². The summed E-state index contributed by atoms with van der Waals surface area (Å²) in [5, 5.41) is 1.08. The number of nitrogens with zero attached hydrogens (tertiary/aromatic N) is 1. The van der Waals surface area contributed by atoms with Gasteiger partial charge in [0.2, 0.25) is 5.91 Å². The first-order chi connectivity index (χ1) is 13.1. The van der Waals surface area contributed by atoms with E-state index in [1.54, 1.807) is 36.4 Å². The van der Waals surface area contributed by atoms with Crippen LogP contribution in [-0.2, 0) is 21.0 Å². The molecule has 0 aliphatic rings. The lowest BCUT2D eigenvalue weighted by Gasteiger charge is -2.24. The van der Waals surface area contributed by atoms with Crippen LogP contribution in [0.25, 0.3) is 10.8 Å². The number of nitrogens with two attached hydrogens (primary N) is 1. The second-order valence-electron chi connectivity index (χ2n) is 6.00. The van der Waals surface area contributed by atoms with Crippen LogP contribution < -0.4 is 10.0 Å². The Morgan fingerprint density at radius 1 is 0.929 bits per heavy atom. The maximum absolute atomic E-state index is 13.3. The van der Waals surface area contributed by atoms with Crippen molar-refractivity contribution in [3.8, 4) is 0 Å². The van der Waals surface area contributed by atoms with Crippen molar-refractivity contribution in [3.05, 3.63) is 72.3 Å². The average Bonchev–Trinajstić information content (AvgIpc) is 2.65. The summed E-state index contributed by atoms with van der Waals surface area (Å²) in [6, 6.07) is 14.9. The van der Waals surface area contributed by atoms with E-state index in [1.165, 1.54) is 6.07 Å². The van der Waals surface area contributed by atoms with Gasteiger partial charge in [-0.3, -0.25) is 9.10 Å². The van der Waals surface area contributed by atoms with Crippen molar-refractivity contribution in [2.45, 2.75) is 11.1 Å². The minimum Gasteiger partial charge on any atom is -0.368 e. The molecule has 0 heterocycles. The molecule has 3 aromatic carbocycles. The van der Waals surface area contributed by atoms with Crippen molar-refractivity contribution >= 4 is 32.4 Å². The Balaban J connectivity index is 2.14. The largest absolute Gasteiger partial charge is 0.416 e. The lowest BCUT2D eigenvalue weighted by Crippen LogP contribution is -2.38. The van der Waals surface area contributed by atoms with E-state index in [2.05, 4.69) is 0 Å². The summed E-state index contributed by atoms with van der Waals surface area (Å²) in [7, 11) is -4.27. The van der Waals surface area contributed by atoms with Gasteiger partial charge >= 0.3 is 6.18 Å². The van der Waals surface area contributed by atoms with Crippen LogP contribution in [0.5, 0.6) is 0 Å². The molecule has 0 bridgehead atoms. The van der Waals surface area contributed by atoms with Gasteiger partial charge in [-0.1, -0.05) is 36.4 Å². The van der Waals surface area contributed by atoms with Crippen LogP contribution in [0.2, 0.25) is 0 Å². The van der Waals surface area contributed by atoms with Gasteiger partial charge in [0, 0.05) is 5.39 Å². The second-order valence-corrected chi connectivity index (χ2v) is 7.83. The highest BCUT2D eigenvalue weighted by Crippen LogP contribution is 2.33. The highest BCUT2D eigenvalue weighted by atomic mass is 32.2. The van der Waals surface area contributed by atoms with Crippen molar-refractivity contribution in [3.63, 3.8) is 0 Å². The minimum atomic E-state index is -4.57. The predicted molar refractivity (Wildman–Crippen MR) is 99.1 cm³/mol. The van der Waals surface area contributed by atoms with Crippen LogP contribution >= 0.6 is 0 Å². The topological polar surface area (TPSA) is 80.5 Å². The lowest BCUT2D eigenvalue weighted by molar-refractivity contribution is -0.137. The Morgan fingerprint density at radius 2 is 1.54 bits per heavy atom. The van der Waals surface area contributed by atoms with Crippen molar-refractivity contribution in [1.29, 1.82) is 0 Å². The van der Waals surface area contributed by atoms with Gasteiger partial charge in [-0.25, -0.2) is 8.42 Å². The number of carbonyl (C=O) groups excluding carboxylic acids is 1. The number of hydrogen-bond donors (Lipinski definition) is 1. The van der Waals surface area contributed by atoms with Crippen LogP contribution in [0.4, 0.5) is 18.9 Å². The van der Waals surface area contributed by atoms with E-state index in [9.17, 15) is 26.4 Å². The maximum Gasteiger partial charge on any atom is 0.416 e. The number of primary amides is 1. The van der Waals surface area contributed by atoms with Gasteiger partial charge in [-0.15, -0.1) is 0 Å². The number of fused-ring (bicyclic) bond motifs is 1. The number of rotatable bonds is 5. The molecule has 0 spiro atoms. The molecule has 0 aliphatic carbocycles. The van der Waals surface area contributed by atoms with Crippen LogP contribution in [0.15, 0.2) is 71.6 Å². The summed E-state index contributed by atoms with van der Waals surface area (Å²) in [6.45, 7) is -0.711. The SMILES string of the molecule is NC(=O)CN(c1ccc(C(F)(F)F)cc1)S(=O)(=O)c1cccc2ccccc12. The smallest absolute Gasteiger partial charge is 0.368 e. The molecule has 0 unspecified atom stereocenters. The number of benzene rings is 3. The molecular formula is C19H15F3N2O3S. The van der Waals surface area contributed by atoms with E-state index in [4.69, 9.17) is 5.73 Å². The number of hydrogen-bond acceptors (Lipinski definition) is 3. The molecule has 3 aromatic rings. The first-order valence-electron chi connectivity index (χ1n) is 8.07. The first kappa shape index (κ1) is 19.7. The first-order valence-corrected chi connectivity index (χ1v) is 9.51. The Kier molecular flexibility index (Phi) is 5.03. The van der Waals surface area contributed by atoms with Gasteiger partial charge in [-0.05, 0) is 35.7 Å². The van der Waals surface area contributed by atoms with Crippen LogP contribution in [0.3, 0.4) is 0 Å². The minimum absolute atomic E-state index is 0.0771. The standard InChI is InChI=1S/C19H15F3N2O3S/c20-19(21,22)14-8-10-15(11-9-14)24(12-18(23)25)28(26,27)17-7-3-5-13-4-1-2-6-16(13)17/h1-11H,12H2,(H2,23,25). The molecule has 1 amide bonds. The molecule has 5 nitrogen and oxygen atoms in total. The fraction of sp³-hybridized carbons (Fsp3) is 0.105. The third-order valence-corrected chi connectivity index (χ3v) is 5.93. The molecule has 0 radical (unpaired) electrons. The number of alkyl halides is 3. The average molecular weight is 408 g/mol. The molecular weight excluding hydrogens is 393 g/mol. The van der Waals surface area contributed by atoms with E-state index in [1.807, 2.05) is 0 Å². The summed E-state index contributed by atoms with van der Waals surface area (Å²) >= 11 is 0. The summed E-state index contributed by atoms with van der Waals surface area (Å²) in [5.74, 6) is -0.941. The number of anilines is 1. The summed E-state index contributed by atoms with van der Waals surface area (Å²) < 4.78 is 65.6. The fourth-order valence-electron chi connectivity index (χ4n) is 2.81. The zero-order valence-corrected chi connectivity index (χ0v) is 15.2. The van der Waals surface area contributed by atoms with Crippen LogP contribution in [0, 0.1) is 0 Å². The number of carbonyl (C=O) groups is 1. The van der Waals surface area contributed by atoms with E-state index >= 15 is 0 Å². The van der Waals surface area contributed by atoms with Crippen molar-refractivity contribution < 1.29 is 26.4 Å². The number of halogens is 3. The molecule has 0 aromatic heterocycles. The molecule has 3 rings (SSSR count). The quantitative estimate of drug-likeness (QED) is 0.701. The van der Waals surface area contributed by atoms with Crippen LogP contribution in [-0.4, -0.2) is 20.9 Å². The summed E-state index contributed by atoms with van der Waals surface area (Å²) in [5.41, 5.74) is 4.16. The highest BCUT2D eigenvalue weighted by molar-refractivity contribution is 7.93. The number of amides is 1. The maximum atomic E-state index is 13.3. The van der Waals surface area contributed by atoms with Gasteiger partial charge in [0.1, 0.15) is 6.54 Å². The zero-order valence-electron chi connectivity index (χ0n) is 14.3. The highest BCUT2D eigenvalue weighted by Gasteiger charge is 2.32. The van der Waals surface area contributed by atoms with Gasteiger partial charge in [0.15, 0.2) is 0 Å². The Morgan fingerprint density at radius 3 is 2.14 bits per heavy atom. The monoisotopic (exact) mass is 408 g/mol. The third kappa shape index (κ3) is 3.79. The van der Waals surface area contributed by atoms with Gasteiger partial charge < -0.3 is 5.73 Å². The van der Waals surface area contributed by atoms with E-state index in [-0.39, 0.29) is 10.6 Å². The predicted octanol–water partition coefficient (Wildman–Crippen LogP) is 3.54.